The van der Waals surface area contributed by atoms with Gasteiger partial charge in [-0.15, -0.1) is 0 Å². The predicted molar refractivity (Wildman–Crippen MR) is 104 cm³/mol. The van der Waals surface area contributed by atoms with Crippen molar-refractivity contribution in [1.82, 2.24) is 9.78 Å². The SMILES string of the molecule is Cn1ccc(CCC2CCc3cc([C@H]4CC[C@](N)(CO)C4)ccc3C2)n1. The van der Waals surface area contributed by atoms with Crippen LogP contribution in [0.4, 0.5) is 0 Å². The summed E-state index contributed by atoms with van der Waals surface area (Å²) in [6.45, 7) is 0.104. The van der Waals surface area contributed by atoms with Crippen LogP contribution in [0.15, 0.2) is 30.5 Å². The molecule has 1 aromatic heterocycles. The Morgan fingerprint density at radius 3 is 2.88 bits per heavy atom. The van der Waals surface area contributed by atoms with Gasteiger partial charge in [0.15, 0.2) is 0 Å². The van der Waals surface area contributed by atoms with Crippen LogP contribution in [0, 0.1) is 5.92 Å². The number of aliphatic hydroxyl groups is 1. The Morgan fingerprint density at radius 1 is 1.27 bits per heavy atom. The number of rotatable bonds is 5. The molecule has 2 aliphatic carbocycles. The van der Waals surface area contributed by atoms with E-state index in [9.17, 15) is 5.11 Å². The number of benzene rings is 1. The molecule has 4 rings (SSSR count). The van der Waals surface area contributed by atoms with Gasteiger partial charge in [-0.05, 0) is 86.0 Å². The van der Waals surface area contributed by atoms with Crippen molar-refractivity contribution in [2.75, 3.05) is 6.61 Å². The maximum Gasteiger partial charge on any atom is 0.0624 e. The Bertz CT molecular complexity index is 768. The topological polar surface area (TPSA) is 64.1 Å². The van der Waals surface area contributed by atoms with Gasteiger partial charge in [0, 0.05) is 18.8 Å². The van der Waals surface area contributed by atoms with Gasteiger partial charge in [-0.3, -0.25) is 4.68 Å². The molecule has 0 aliphatic heterocycles. The van der Waals surface area contributed by atoms with Crippen molar-refractivity contribution in [3.05, 3.63) is 52.8 Å². The zero-order chi connectivity index (χ0) is 18.1. The molecule has 4 heteroatoms. The van der Waals surface area contributed by atoms with Gasteiger partial charge in [-0.1, -0.05) is 18.2 Å². The summed E-state index contributed by atoms with van der Waals surface area (Å²) in [6.07, 6.45) is 11.0. The number of nitrogens with two attached hydrogens (primary N) is 1. The molecular weight excluding hydrogens is 322 g/mol. The van der Waals surface area contributed by atoms with Gasteiger partial charge in [-0.2, -0.15) is 5.10 Å². The molecule has 3 atom stereocenters. The number of aromatic nitrogens is 2. The Balaban J connectivity index is 1.38. The molecule has 26 heavy (non-hydrogen) atoms. The third kappa shape index (κ3) is 3.72. The molecule has 1 fully saturated rings. The largest absolute Gasteiger partial charge is 0.394 e. The number of fused-ring (bicyclic) bond motifs is 1. The summed E-state index contributed by atoms with van der Waals surface area (Å²) < 4.78 is 1.89. The lowest BCUT2D eigenvalue weighted by atomic mass is 9.79. The summed E-state index contributed by atoms with van der Waals surface area (Å²) in [5.41, 5.74) is 11.6. The van der Waals surface area contributed by atoms with Crippen LogP contribution in [0.2, 0.25) is 0 Å². The summed E-state index contributed by atoms with van der Waals surface area (Å²) >= 11 is 0. The normalized spacial score (nSPS) is 28.3. The minimum Gasteiger partial charge on any atom is -0.394 e. The number of hydrogen-bond donors (Lipinski definition) is 2. The van der Waals surface area contributed by atoms with Gasteiger partial charge in [-0.25, -0.2) is 0 Å². The Kier molecular flexibility index (Phi) is 4.89. The molecule has 2 aromatic rings. The van der Waals surface area contributed by atoms with E-state index in [1.807, 2.05) is 17.9 Å². The highest BCUT2D eigenvalue weighted by Gasteiger charge is 2.36. The molecule has 0 saturated heterocycles. The van der Waals surface area contributed by atoms with Crippen LogP contribution >= 0.6 is 0 Å². The van der Waals surface area contributed by atoms with Gasteiger partial charge < -0.3 is 10.8 Å². The van der Waals surface area contributed by atoms with E-state index in [1.165, 1.54) is 48.1 Å². The number of hydrogen-bond acceptors (Lipinski definition) is 3. The van der Waals surface area contributed by atoms with E-state index in [0.29, 0.717) is 5.92 Å². The van der Waals surface area contributed by atoms with Crippen molar-refractivity contribution >= 4 is 0 Å². The molecule has 1 heterocycles. The molecule has 1 aromatic carbocycles. The van der Waals surface area contributed by atoms with Gasteiger partial charge in [0.1, 0.15) is 0 Å². The van der Waals surface area contributed by atoms with Crippen LogP contribution in [-0.4, -0.2) is 27.0 Å². The lowest BCUT2D eigenvalue weighted by Gasteiger charge is -2.26. The maximum absolute atomic E-state index is 9.51. The molecule has 4 nitrogen and oxygen atoms in total. The summed E-state index contributed by atoms with van der Waals surface area (Å²) in [4.78, 5) is 0. The highest BCUT2D eigenvalue weighted by molar-refractivity contribution is 5.36. The van der Waals surface area contributed by atoms with Crippen molar-refractivity contribution in [1.29, 1.82) is 0 Å². The molecule has 0 bridgehead atoms. The van der Waals surface area contributed by atoms with Crippen LogP contribution in [0.5, 0.6) is 0 Å². The minimum atomic E-state index is -0.364. The Morgan fingerprint density at radius 2 is 2.15 bits per heavy atom. The van der Waals surface area contributed by atoms with E-state index < -0.39 is 0 Å². The molecule has 0 amide bonds. The number of nitrogens with zero attached hydrogens (tertiary/aromatic N) is 2. The van der Waals surface area contributed by atoms with Gasteiger partial charge in [0.05, 0.1) is 12.3 Å². The van der Waals surface area contributed by atoms with E-state index in [-0.39, 0.29) is 12.1 Å². The van der Waals surface area contributed by atoms with E-state index >= 15 is 0 Å². The minimum absolute atomic E-state index is 0.104. The third-order valence-corrected chi connectivity index (χ3v) is 6.57. The lowest BCUT2D eigenvalue weighted by molar-refractivity contribution is 0.198. The quantitative estimate of drug-likeness (QED) is 0.868. The van der Waals surface area contributed by atoms with Gasteiger partial charge >= 0.3 is 0 Å². The fourth-order valence-corrected chi connectivity index (χ4v) is 4.88. The molecule has 3 N–H and O–H groups in total. The fraction of sp³-hybridized carbons (Fsp3) is 0.591. The smallest absolute Gasteiger partial charge is 0.0624 e. The second-order valence-corrected chi connectivity index (χ2v) is 8.62. The van der Waals surface area contributed by atoms with Crippen molar-refractivity contribution in [2.24, 2.45) is 18.7 Å². The van der Waals surface area contributed by atoms with Gasteiger partial charge in [0.2, 0.25) is 0 Å². The predicted octanol–water partition coefficient (Wildman–Crippen LogP) is 3.12. The third-order valence-electron chi connectivity index (χ3n) is 6.57. The molecule has 0 spiro atoms. The van der Waals surface area contributed by atoms with Crippen LogP contribution in [-0.2, 0) is 26.3 Å². The van der Waals surface area contributed by atoms with Crippen molar-refractivity contribution in [3.63, 3.8) is 0 Å². The van der Waals surface area contributed by atoms with Crippen molar-refractivity contribution < 1.29 is 5.11 Å². The standard InChI is InChI=1S/C22H31N3O/c1-25-11-9-21(24-25)7-3-16-2-4-18-13-19(6-5-17(18)12-16)20-8-10-22(23,14-20)15-26/h5-6,9,11,13,16,20,26H,2-4,7-8,10,12,14-15,23H2,1H3/t16?,20-,22+/m0/s1. The van der Waals surface area contributed by atoms with E-state index in [1.54, 1.807) is 0 Å². The lowest BCUT2D eigenvalue weighted by Crippen LogP contribution is -2.40. The Hall–Kier alpha value is -1.65. The first-order chi connectivity index (χ1) is 12.5. The molecule has 1 saturated carbocycles. The monoisotopic (exact) mass is 353 g/mol. The Labute approximate surface area is 156 Å². The van der Waals surface area contributed by atoms with Crippen LogP contribution in [0.1, 0.15) is 60.4 Å². The summed E-state index contributed by atoms with van der Waals surface area (Å²) in [6, 6.07) is 9.23. The molecular formula is C22H31N3O. The fourth-order valence-electron chi connectivity index (χ4n) is 4.88. The first kappa shape index (κ1) is 17.7. The molecule has 0 radical (unpaired) electrons. The molecule has 2 aliphatic rings. The van der Waals surface area contributed by atoms with Crippen LogP contribution in [0.3, 0.4) is 0 Å². The second-order valence-electron chi connectivity index (χ2n) is 8.62. The molecule has 1 unspecified atom stereocenters. The van der Waals surface area contributed by atoms with Gasteiger partial charge in [0.25, 0.3) is 0 Å². The highest BCUT2D eigenvalue weighted by Crippen LogP contribution is 2.40. The average molecular weight is 354 g/mol. The van der Waals surface area contributed by atoms with Crippen molar-refractivity contribution in [3.8, 4) is 0 Å². The van der Waals surface area contributed by atoms with Crippen molar-refractivity contribution in [2.45, 2.75) is 62.8 Å². The number of aliphatic hydroxyl groups excluding tert-OH is 1. The summed E-state index contributed by atoms with van der Waals surface area (Å²) in [5.74, 6) is 1.28. The van der Waals surface area contributed by atoms with E-state index in [0.717, 1.165) is 31.6 Å². The molecule has 140 valence electrons. The first-order valence-electron chi connectivity index (χ1n) is 10.0. The first-order valence-corrected chi connectivity index (χ1v) is 10.0. The van der Waals surface area contributed by atoms with E-state index in [4.69, 9.17) is 5.73 Å². The zero-order valence-corrected chi connectivity index (χ0v) is 15.8. The van der Waals surface area contributed by atoms with E-state index in [2.05, 4.69) is 29.4 Å². The maximum atomic E-state index is 9.51. The summed E-state index contributed by atoms with van der Waals surface area (Å²) in [7, 11) is 1.98. The average Bonchev–Trinajstić information content (AvgIpc) is 3.26. The van der Waals surface area contributed by atoms with Crippen LogP contribution in [0.25, 0.3) is 0 Å². The second kappa shape index (κ2) is 7.16. The zero-order valence-electron chi connectivity index (χ0n) is 15.8. The highest BCUT2D eigenvalue weighted by atomic mass is 16.3. The number of aryl methyl sites for hydroxylation is 3. The van der Waals surface area contributed by atoms with Crippen LogP contribution < -0.4 is 5.73 Å². The summed E-state index contributed by atoms with van der Waals surface area (Å²) in [5, 5.41) is 14.0.